The Morgan fingerprint density at radius 2 is 2.00 bits per heavy atom. The first-order valence-electron chi connectivity index (χ1n) is 4.84. The monoisotopic (exact) mass is 194 g/mol. The SMILES string of the molecule is C[C@H]1CC[P@](=O)(c2ccccc2)C1. The fourth-order valence-corrected chi connectivity index (χ4v) is 5.46. The first-order chi connectivity index (χ1) is 6.21. The summed E-state index contributed by atoms with van der Waals surface area (Å²) in [5.74, 6) is 0.644. The van der Waals surface area contributed by atoms with Gasteiger partial charge in [0.05, 0.1) is 0 Å². The van der Waals surface area contributed by atoms with Gasteiger partial charge in [0.25, 0.3) is 0 Å². The minimum Gasteiger partial charge on any atom is -0.319 e. The van der Waals surface area contributed by atoms with Crippen LogP contribution in [0.3, 0.4) is 0 Å². The molecule has 13 heavy (non-hydrogen) atoms. The summed E-state index contributed by atoms with van der Waals surface area (Å²) in [6.45, 7) is 2.20. The van der Waals surface area contributed by atoms with Gasteiger partial charge in [-0.15, -0.1) is 0 Å². The van der Waals surface area contributed by atoms with Gasteiger partial charge in [-0.1, -0.05) is 37.3 Å². The largest absolute Gasteiger partial charge is 0.319 e. The van der Waals surface area contributed by atoms with E-state index >= 15 is 0 Å². The molecule has 0 amide bonds. The highest BCUT2D eigenvalue weighted by atomic mass is 31.2. The second kappa shape index (κ2) is 3.31. The molecule has 0 N–H and O–H groups in total. The van der Waals surface area contributed by atoms with Crippen LogP contribution in [-0.2, 0) is 4.57 Å². The fraction of sp³-hybridized carbons (Fsp3) is 0.455. The Kier molecular flexibility index (Phi) is 2.29. The minimum atomic E-state index is -1.98. The fourth-order valence-electron chi connectivity index (χ4n) is 2.05. The summed E-state index contributed by atoms with van der Waals surface area (Å²) >= 11 is 0. The third kappa shape index (κ3) is 1.71. The molecule has 1 aromatic carbocycles. The van der Waals surface area contributed by atoms with Crippen molar-refractivity contribution < 1.29 is 4.57 Å². The molecule has 0 unspecified atom stereocenters. The zero-order valence-corrected chi connectivity index (χ0v) is 8.84. The van der Waals surface area contributed by atoms with Crippen molar-refractivity contribution in [1.29, 1.82) is 0 Å². The number of benzene rings is 1. The second-order valence-electron chi connectivity index (χ2n) is 4.02. The highest BCUT2D eigenvalue weighted by Crippen LogP contribution is 2.52. The quantitative estimate of drug-likeness (QED) is 0.628. The van der Waals surface area contributed by atoms with Crippen LogP contribution in [0.15, 0.2) is 30.3 Å². The molecule has 1 heterocycles. The lowest BCUT2D eigenvalue weighted by Crippen LogP contribution is -2.05. The van der Waals surface area contributed by atoms with E-state index in [1.165, 1.54) is 0 Å². The van der Waals surface area contributed by atoms with Gasteiger partial charge in [0.15, 0.2) is 0 Å². The lowest BCUT2D eigenvalue weighted by Gasteiger charge is -2.10. The molecule has 0 aromatic heterocycles. The Morgan fingerprint density at radius 3 is 2.54 bits per heavy atom. The molecule has 1 aliphatic heterocycles. The van der Waals surface area contributed by atoms with Crippen LogP contribution in [0.1, 0.15) is 13.3 Å². The Morgan fingerprint density at radius 1 is 1.31 bits per heavy atom. The molecule has 2 atom stereocenters. The predicted octanol–water partition coefficient (Wildman–Crippen LogP) is 2.71. The van der Waals surface area contributed by atoms with Gasteiger partial charge >= 0.3 is 0 Å². The van der Waals surface area contributed by atoms with E-state index < -0.39 is 7.14 Å². The van der Waals surface area contributed by atoms with Gasteiger partial charge < -0.3 is 4.57 Å². The van der Waals surface area contributed by atoms with Crippen molar-refractivity contribution in [3.8, 4) is 0 Å². The topological polar surface area (TPSA) is 17.1 Å². The molecule has 1 saturated heterocycles. The third-order valence-corrected chi connectivity index (χ3v) is 6.25. The van der Waals surface area contributed by atoms with Gasteiger partial charge in [0.1, 0.15) is 7.14 Å². The molecule has 1 nitrogen and oxygen atoms in total. The Labute approximate surface area is 79.5 Å². The van der Waals surface area contributed by atoms with Crippen LogP contribution in [0, 0.1) is 5.92 Å². The molecular formula is C11H15OP. The van der Waals surface area contributed by atoms with Gasteiger partial charge in [0.2, 0.25) is 0 Å². The van der Waals surface area contributed by atoms with Crippen molar-refractivity contribution in [2.45, 2.75) is 13.3 Å². The molecule has 2 rings (SSSR count). The van der Waals surface area contributed by atoms with E-state index in [1.807, 2.05) is 30.3 Å². The van der Waals surface area contributed by atoms with E-state index in [2.05, 4.69) is 6.92 Å². The summed E-state index contributed by atoms with van der Waals surface area (Å²) < 4.78 is 12.4. The molecule has 1 aromatic rings. The van der Waals surface area contributed by atoms with Gasteiger partial charge in [-0.2, -0.15) is 0 Å². The molecule has 70 valence electrons. The number of rotatable bonds is 1. The average molecular weight is 194 g/mol. The standard InChI is InChI=1S/C11H15OP/c1-10-7-8-13(12,9-10)11-5-3-2-4-6-11/h2-6,10H,7-9H2,1H3/t10-,13+/m0/s1. The normalized spacial score (nSPS) is 33.5. The molecule has 1 aliphatic rings. The van der Waals surface area contributed by atoms with Crippen LogP contribution in [0.4, 0.5) is 0 Å². The Hall–Kier alpha value is -0.550. The zero-order chi connectivity index (χ0) is 9.31. The van der Waals surface area contributed by atoms with Crippen LogP contribution in [0.2, 0.25) is 0 Å². The van der Waals surface area contributed by atoms with Crippen LogP contribution in [-0.4, -0.2) is 12.3 Å². The van der Waals surface area contributed by atoms with E-state index in [0.717, 1.165) is 24.0 Å². The van der Waals surface area contributed by atoms with Gasteiger partial charge in [0, 0.05) is 17.6 Å². The van der Waals surface area contributed by atoms with E-state index in [1.54, 1.807) is 0 Å². The van der Waals surface area contributed by atoms with Crippen LogP contribution >= 0.6 is 7.14 Å². The molecule has 0 radical (unpaired) electrons. The van der Waals surface area contributed by atoms with Gasteiger partial charge in [-0.3, -0.25) is 0 Å². The van der Waals surface area contributed by atoms with Gasteiger partial charge in [-0.25, -0.2) is 0 Å². The first-order valence-corrected chi connectivity index (χ1v) is 6.92. The molecule has 1 fully saturated rings. The lowest BCUT2D eigenvalue weighted by molar-refractivity contribution is 0.583. The van der Waals surface area contributed by atoms with Crippen molar-refractivity contribution >= 4 is 12.4 Å². The predicted molar refractivity (Wildman–Crippen MR) is 57.2 cm³/mol. The van der Waals surface area contributed by atoms with Crippen LogP contribution < -0.4 is 5.30 Å². The van der Waals surface area contributed by atoms with Gasteiger partial charge in [-0.05, 0) is 12.3 Å². The van der Waals surface area contributed by atoms with E-state index in [4.69, 9.17) is 0 Å². The van der Waals surface area contributed by atoms with E-state index in [-0.39, 0.29) is 0 Å². The summed E-state index contributed by atoms with van der Waals surface area (Å²) in [6, 6.07) is 9.97. The molecule has 0 spiro atoms. The maximum atomic E-state index is 12.4. The third-order valence-electron chi connectivity index (χ3n) is 2.82. The Bertz CT molecular complexity index is 331. The van der Waals surface area contributed by atoms with Crippen molar-refractivity contribution in [2.75, 3.05) is 12.3 Å². The van der Waals surface area contributed by atoms with E-state index in [9.17, 15) is 4.57 Å². The Balaban J connectivity index is 2.32. The van der Waals surface area contributed by atoms with Crippen molar-refractivity contribution in [2.24, 2.45) is 5.92 Å². The maximum absolute atomic E-state index is 12.4. The average Bonchev–Trinajstić information content (AvgIpc) is 2.49. The molecule has 0 bridgehead atoms. The number of hydrogen-bond acceptors (Lipinski definition) is 1. The zero-order valence-electron chi connectivity index (χ0n) is 7.94. The highest BCUT2D eigenvalue weighted by Gasteiger charge is 2.32. The smallest absolute Gasteiger partial charge is 0.115 e. The molecule has 2 heteroatoms. The second-order valence-corrected chi connectivity index (χ2v) is 7.13. The molecule has 0 aliphatic carbocycles. The van der Waals surface area contributed by atoms with Crippen molar-refractivity contribution in [3.63, 3.8) is 0 Å². The van der Waals surface area contributed by atoms with Crippen LogP contribution in [0.25, 0.3) is 0 Å². The minimum absolute atomic E-state index is 0.644. The van der Waals surface area contributed by atoms with Crippen molar-refractivity contribution in [3.05, 3.63) is 30.3 Å². The lowest BCUT2D eigenvalue weighted by atomic mass is 10.2. The molecular weight excluding hydrogens is 179 g/mol. The summed E-state index contributed by atoms with van der Waals surface area (Å²) in [5, 5.41) is 1.08. The van der Waals surface area contributed by atoms with Crippen LogP contribution in [0.5, 0.6) is 0 Å². The van der Waals surface area contributed by atoms with E-state index in [0.29, 0.717) is 5.92 Å². The first kappa shape index (κ1) is 9.02. The molecule has 0 saturated carbocycles. The maximum Gasteiger partial charge on any atom is 0.115 e. The summed E-state index contributed by atoms with van der Waals surface area (Å²) in [6.07, 6.45) is 2.96. The summed E-state index contributed by atoms with van der Waals surface area (Å²) in [7, 11) is -1.98. The summed E-state index contributed by atoms with van der Waals surface area (Å²) in [4.78, 5) is 0. The summed E-state index contributed by atoms with van der Waals surface area (Å²) in [5.41, 5.74) is 0. The van der Waals surface area contributed by atoms with Crippen molar-refractivity contribution in [1.82, 2.24) is 0 Å². The highest BCUT2D eigenvalue weighted by molar-refractivity contribution is 7.71. The number of hydrogen-bond donors (Lipinski definition) is 0.